The van der Waals surface area contributed by atoms with Gasteiger partial charge >= 0.3 is 0 Å². The van der Waals surface area contributed by atoms with Gasteiger partial charge < -0.3 is 9.15 Å². The second kappa shape index (κ2) is 21.1. The van der Waals surface area contributed by atoms with Gasteiger partial charge in [-0.1, -0.05) is 104 Å². The minimum Gasteiger partial charge on any atom is -0.436 e. The van der Waals surface area contributed by atoms with Crippen LogP contribution in [-0.4, -0.2) is 23.9 Å². The van der Waals surface area contributed by atoms with E-state index in [1.807, 2.05) is 26.0 Å². The van der Waals surface area contributed by atoms with Crippen molar-refractivity contribution < 1.29 is 9.15 Å². The zero-order chi connectivity index (χ0) is 29.8. The van der Waals surface area contributed by atoms with E-state index in [0.717, 1.165) is 65.8 Å². The van der Waals surface area contributed by atoms with Crippen molar-refractivity contribution in [1.29, 1.82) is 0 Å². The van der Waals surface area contributed by atoms with Crippen molar-refractivity contribution in [3.8, 4) is 22.8 Å². The Morgan fingerprint density at radius 1 is 0.875 bits per heavy atom. The first-order valence-corrected chi connectivity index (χ1v) is 15.5. The van der Waals surface area contributed by atoms with Gasteiger partial charge in [0.25, 0.3) is 0 Å². The number of hydrogen-bond donors (Lipinski definition) is 0. The van der Waals surface area contributed by atoms with Crippen molar-refractivity contribution in [2.24, 2.45) is 10.9 Å². The van der Waals surface area contributed by atoms with Crippen LogP contribution in [-0.2, 0) is 11.2 Å². The number of benzene rings is 2. The third-order valence-electron chi connectivity index (χ3n) is 6.69. The maximum absolute atomic E-state index is 5.97. The van der Waals surface area contributed by atoms with Crippen molar-refractivity contribution in [3.63, 3.8) is 0 Å². The average Bonchev–Trinajstić information content (AvgIpc) is 3.46. The van der Waals surface area contributed by atoms with Gasteiger partial charge in [-0.25, -0.2) is 4.98 Å². The molecule has 4 heteroatoms. The summed E-state index contributed by atoms with van der Waals surface area (Å²) in [4.78, 5) is 9.02. The first-order valence-electron chi connectivity index (χ1n) is 15.5. The van der Waals surface area contributed by atoms with E-state index in [2.05, 4.69) is 88.8 Å². The van der Waals surface area contributed by atoms with Gasteiger partial charge in [0.1, 0.15) is 0 Å². The fourth-order valence-electron chi connectivity index (χ4n) is 3.80. The minimum absolute atomic E-state index is 0.620. The molecule has 0 saturated heterocycles. The second-order valence-electron chi connectivity index (χ2n) is 10.8. The SMILES string of the molecule is CCCCC(C)CC.CCCCOCCC.CCc1ccc(-c2cnc(-c3ccc(C)c(N=C(C)C)c3)o2)cc1. The Labute approximate surface area is 245 Å². The van der Waals surface area contributed by atoms with E-state index in [1.165, 1.54) is 44.1 Å². The molecule has 4 nitrogen and oxygen atoms in total. The summed E-state index contributed by atoms with van der Waals surface area (Å²) in [6.07, 6.45) is 11.9. The van der Waals surface area contributed by atoms with Crippen molar-refractivity contribution in [2.75, 3.05) is 13.2 Å². The van der Waals surface area contributed by atoms with Gasteiger partial charge in [-0.05, 0) is 69.2 Å². The molecule has 2 aromatic carbocycles. The van der Waals surface area contributed by atoms with E-state index >= 15 is 0 Å². The van der Waals surface area contributed by atoms with Crippen molar-refractivity contribution in [3.05, 3.63) is 59.8 Å². The summed E-state index contributed by atoms with van der Waals surface area (Å²) in [7, 11) is 0. The van der Waals surface area contributed by atoms with Crippen LogP contribution in [0.25, 0.3) is 22.8 Å². The summed E-state index contributed by atoms with van der Waals surface area (Å²) in [5.41, 5.74) is 6.42. The summed E-state index contributed by atoms with van der Waals surface area (Å²) in [6, 6.07) is 14.5. The smallest absolute Gasteiger partial charge is 0.226 e. The van der Waals surface area contributed by atoms with Crippen LogP contribution in [0.4, 0.5) is 5.69 Å². The lowest BCUT2D eigenvalue weighted by Crippen LogP contribution is -1.93. The predicted molar refractivity (Wildman–Crippen MR) is 175 cm³/mol. The monoisotopic (exact) mass is 548 g/mol. The number of ether oxygens (including phenoxy) is 1. The molecule has 1 atom stereocenters. The molecule has 0 bridgehead atoms. The lowest BCUT2D eigenvalue weighted by Gasteiger charge is -2.04. The molecule has 0 fully saturated rings. The van der Waals surface area contributed by atoms with Crippen LogP contribution in [0, 0.1) is 12.8 Å². The molecule has 0 amide bonds. The van der Waals surface area contributed by atoms with Crippen LogP contribution in [0.3, 0.4) is 0 Å². The third kappa shape index (κ3) is 14.1. The molecule has 3 rings (SSSR count). The molecular formula is C36H56N2O2. The number of hydrogen-bond acceptors (Lipinski definition) is 4. The van der Waals surface area contributed by atoms with Gasteiger partial charge in [-0.15, -0.1) is 0 Å². The third-order valence-corrected chi connectivity index (χ3v) is 6.69. The number of rotatable bonds is 13. The standard InChI is InChI=1S/C21H22N2O.C8H18.C7H16O/c1-5-16-7-10-17(11-8-16)20-13-22-21(24-20)18-9-6-15(4)19(12-18)23-14(2)3;1-4-6-7-8(3)5-2;1-3-5-7-8-6-4-2/h6-13H,5H2,1-4H3;8H,4-7H2,1-3H3;3-7H2,1-2H3. The van der Waals surface area contributed by atoms with Crippen molar-refractivity contribution in [2.45, 2.75) is 114 Å². The summed E-state index contributed by atoms with van der Waals surface area (Å²) in [6.45, 7) is 21.2. The molecule has 0 saturated carbocycles. The van der Waals surface area contributed by atoms with Crippen LogP contribution < -0.4 is 0 Å². The Hall–Kier alpha value is -2.72. The largest absolute Gasteiger partial charge is 0.436 e. The maximum atomic E-state index is 5.97. The highest BCUT2D eigenvalue weighted by Gasteiger charge is 2.10. The summed E-state index contributed by atoms with van der Waals surface area (Å²) in [5.74, 6) is 2.36. The highest BCUT2D eigenvalue weighted by atomic mass is 16.5. The zero-order valence-electron chi connectivity index (χ0n) is 27.0. The van der Waals surface area contributed by atoms with E-state index < -0.39 is 0 Å². The van der Waals surface area contributed by atoms with Gasteiger partial charge in [-0.3, -0.25) is 4.99 Å². The number of unbranched alkanes of at least 4 members (excludes halogenated alkanes) is 2. The molecule has 0 aliphatic heterocycles. The average molecular weight is 549 g/mol. The molecule has 40 heavy (non-hydrogen) atoms. The minimum atomic E-state index is 0.620. The predicted octanol–water partition coefficient (Wildman–Crippen LogP) is 11.4. The van der Waals surface area contributed by atoms with Crippen LogP contribution in [0.15, 0.2) is 58.1 Å². The second-order valence-corrected chi connectivity index (χ2v) is 10.8. The van der Waals surface area contributed by atoms with Gasteiger partial charge in [-0.2, -0.15) is 0 Å². The molecule has 1 aromatic heterocycles. The fraction of sp³-hybridized carbons (Fsp3) is 0.556. The molecule has 0 aliphatic rings. The number of nitrogens with zero attached hydrogens (tertiary/aromatic N) is 2. The molecule has 0 aliphatic carbocycles. The summed E-state index contributed by atoms with van der Waals surface area (Å²) in [5, 5.41) is 0. The fourth-order valence-corrected chi connectivity index (χ4v) is 3.80. The Balaban J connectivity index is 0.000000412. The maximum Gasteiger partial charge on any atom is 0.226 e. The van der Waals surface area contributed by atoms with Crippen LogP contribution in [0.2, 0.25) is 0 Å². The highest BCUT2D eigenvalue weighted by Crippen LogP contribution is 2.30. The Kier molecular flexibility index (Phi) is 18.6. The Morgan fingerprint density at radius 2 is 1.55 bits per heavy atom. The van der Waals surface area contributed by atoms with E-state index in [-0.39, 0.29) is 0 Å². The molecule has 0 radical (unpaired) electrons. The molecule has 222 valence electrons. The van der Waals surface area contributed by atoms with Gasteiger partial charge in [0, 0.05) is 30.1 Å². The van der Waals surface area contributed by atoms with Gasteiger partial charge in [0.2, 0.25) is 5.89 Å². The first kappa shape index (κ1) is 35.3. The van der Waals surface area contributed by atoms with Crippen molar-refractivity contribution >= 4 is 11.4 Å². The zero-order valence-corrected chi connectivity index (χ0v) is 27.0. The quantitative estimate of drug-likeness (QED) is 0.158. The van der Waals surface area contributed by atoms with Crippen LogP contribution in [0.1, 0.15) is 111 Å². The van der Waals surface area contributed by atoms with E-state index in [4.69, 9.17) is 9.15 Å². The van der Waals surface area contributed by atoms with Crippen LogP contribution in [0.5, 0.6) is 0 Å². The van der Waals surface area contributed by atoms with Gasteiger partial charge in [0.15, 0.2) is 5.76 Å². The number of oxazole rings is 1. The molecule has 1 heterocycles. The summed E-state index contributed by atoms with van der Waals surface area (Å²) >= 11 is 0. The Morgan fingerprint density at radius 3 is 2.12 bits per heavy atom. The Bertz CT molecular complexity index is 1070. The highest BCUT2D eigenvalue weighted by molar-refractivity contribution is 5.83. The van der Waals surface area contributed by atoms with Gasteiger partial charge in [0.05, 0.1) is 11.9 Å². The molecule has 1 unspecified atom stereocenters. The molecule has 0 spiro atoms. The van der Waals surface area contributed by atoms with Crippen LogP contribution >= 0.6 is 0 Å². The molecular weight excluding hydrogens is 492 g/mol. The number of aromatic nitrogens is 1. The van der Waals surface area contributed by atoms with Crippen molar-refractivity contribution in [1.82, 2.24) is 4.98 Å². The molecule has 3 aromatic rings. The topological polar surface area (TPSA) is 47.6 Å². The van der Waals surface area contributed by atoms with E-state index in [1.54, 1.807) is 6.20 Å². The lowest BCUT2D eigenvalue weighted by atomic mass is 10.0. The first-order chi connectivity index (χ1) is 19.3. The lowest BCUT2D eigenvalue weighted by molar-refractivity contribution is 0.132. The number of aryl methyl sites for hydroxylation is 2. The number of aliphatic imine (C=N–C) groups is 1. The van der Waals surface area contributed by atoms with E-state index in [9.17, 15) is 0 Å². The van der Waals surface area contributed by atoms with E-state index in [0.29, 0.717) is 5.89 Å². The summed E-state index contributed by atoms with van der Waals surface area (Å²) < 4.78 is 11.2. The molecule has 0 N–H and O–H groups in total. The normalized spacial score (nSPS) is 11.1.